The van der Waals surface area contributed by atoms with Crippen LogP contribution in [0.2, 0.25) is 0 Å². The third-order valence-corrected chi connectivity index (χ3v) is 6.73. The molecular formula is C21H28N2O3S. The molecule has 0 N–H and O–H groups in total. The van der Waals surface area contributed by atoms with Gasteiger partial charge in [-0.15, -0.1) is 0 Å². The van der Waals surface area contributed by atoms with Gasteiger partial charge in [-0.3, -0.25) is 0 Å². The summed E-state index contributed by atoms with van der Waals surface area (Å²) in [6, 6.07) is 15.0. The van der Waals surface area contributed by atoms with Gasteiger partial charge in [-0.05, 0) is 49.6 Å². The summed E-state index contributed by atoms with van der Waals surface area (Å²) in [4.78, 5) is 2.35. The van der Waals surface area contributed by atoms with Crippen LogP contribution < -0.4 is 4.90 Å². The van der Waals surface area contributed by atoms with Crippen molar-refractivity contribution in [3.05, 3.63) is 59.7 Å². The first-order valence-corrected chi connectivity index (χ1v) is 10.7. The highest BCUT2D eigenvalue weighted by atomic mass is 32.2. The molecule has 1 fully saturated rings. The van der Waals surface area contributed by atoms with Crippen LogP contribution in [0.15, 0.2) is 53.4 Å². The second-order valence-corrected chi connectivity index (χ2v) is 9.24. The summed E-state index contributed by atoms with van der Waals surface area (Å²) in [5.74, 6) is 0. The lowest BCUT2D eigenvalue weighted by Gasteiger charge is -2.25. The minimum absolute atomic E-state index is 0.0359. The maximum atomic E-state index is 13.3. The highest BCUT2D eigenvalue weighted by molar-refractivity contribution is 7.89. The smallest absolute Gasteiger partial charge is 0.243 e. The summed E-state index contributed by atoms with van der Waals surface area (Å²) in [6.45, 7) is 3.38. The number of ether oxygens (including phenoxy) is 1. The average molecular weight is 389 g/mol. The Balaban J connectivity index is 1.86. The molecular weight excluding hydrogens is 360 g/mol. The van der Waals surface area contributed by atoms with Gasteiger partial charge in [0.05, 0.1) is 11.0 Å². The van der Waals surface area contributed by atoms with Gasteiger partial charge in [-0.25, -0.2) is 8.42 Å². The standard InChI is InChI=1S/C21H28N2O3S/c1-17-6-12-21(13-7-17)27(24,25)23(16-20-5-4-14-26-20)15-18-8-10-19(11-9-18)22(2)3/h6-13,20H,4-5,14-16H2,1-3H3/t20-/m0/s1. The van der Waals surface area contributed by atoms with Crippen LogP contribution in [0.4, 0.5) is 5.69 Å². The van der Waals surface area contributed by atoms with Crippen molar-refractivity contribution in [2.24, 2.45) is 0 Å². The fourth-order valence-electron chi connectivity index (χ4n) is 3.23. The second kappa shape index (κ2) is 8.42. The summed E-state index contributed by atoms with van der Waals surface area (Å²) in [7, 11) is 0.386. The zero-order chi connectivity index (χ0) is 19.4. The zero-order valence-corrected chi connectivity index (χ0v) is 17.1. The minimum Gasteiger partial charge on any atom is -0.378 e. The van der Waals surface area contributed by atoms with Crippen molar-refractivity contribution in [2.75, 3.05) is 32.1 Å². The van der Waals surface area contributed by atoms with Gasteiger partial charge >= 0.3 is 0 Å². The largest absolute Gasteiger partial charge is 0.378 e. The molecule has 1 saturated heterocycles. The van der Waals surface area contributed by atoms with Crippen LogP contribution in [0.25, 0.3) is 0 Å². The Bertz CT molecular complexity index is 840. The third-order valence-electron chi connectivity index (χ3n) is 4.90. The van der Waals surface area contributed by atoms with E-state index < -0.39 is 10.0 Å². The van der Waals surface area contributed by atoms with Crippen molar-refractivity contribution < 1.29 is 13.2 Å². The summed E-state index contributed by atoms with van der Waals surface area (Å²) in [5.41, 5.74) is 3.10. The lowest BCUT2D eigenvalue weighted by atomic mass is 10.2. The molecule has 1 aliphatic rings. The molecule has 0 bridgehead atoms. The van der Waals surface area contributed by atoms with E-state index in [0.717, 1.165) is 29.7 Å². The molecule has 0 spiro atoms. The topological polar surface area (TPSA) is 49.9 Å². The lowest BCUT2D eigenvalue weighted by Crippen LogP contribution is -2.37. The molecule has 0 amide bonds. The number of nitrogens with zero attached hydrogens (tertiary/aromatic N) is 2. The number of sulfonamides is 1. The van der Waals surface area contributed by atoms with E-state index in [9.17, 15) is 8.42 Å². The van der Waals surface area contributed by atoms with E-state index in [0.29, 0.717) is 24.6 Å². The molecule has 2 aromatic rings. The van der Waals surface area contributed by atoms with Crippen LogP contribution in [0.1, 0.15) is 24.0 Å². The molecule has 0 aliphatic carbocycles. The Hall–Kier alpha value is -1.89. The molecule has 0 radical (unpaired) electrons. The first kappa shape index (κ1) is 19.9. The number of anilines is 1. The number of hydrogen-bond acceptors (Lipinski definition) is 4. The van der Waals surface area contributed by atoms with E-state index in [2.05, 4.69) is 0 Å². The molecule has 146 valence electrons. The SMILES string of the molecule is Cc1ccc(S(=O)(=O)N(Cc2ccc(N(C)C)cc2)C[C@@H]2CCCO2)cc1. The highest BCUT2D eigenvalue weighted by Gasteiger charge is 2.29. The number of hydrogen-bond donors (Lipinski definition) is 0. The van der Waals surface area contributed by atoms with Gasteiger partial charge in [0, 0.05) is 39.5 Å². The predicted molar refractivity (Wildman–Crippen MR) is 109 cm³/mol. The molecule has 1 heterocycles. The van der Waals surface area contributed by atoms with Gasteiger partial charge in [-0.1, -0.05) is 29.8 Å². The maximum Gasteiger partial charge on any atom is 0.243 e. The summed E-state index contributed by atoms with van der Waals surface area (Å²) in [5, 5.41) is 0. The lowest BCUT2D eigenvalue weighted by molar-refractivity contribution is 0.0926. The molecule has 0 saturated carbocycles. The molecule has 6 heteroatoms. The maximum absolute atomic E-state index is 13.3. The van der Waals surface area contributed by atoms with Gasteiger partial charge in [-0.2, -0.15) is 4.31 Å². The van der Waals surface area contributed by atoms with Crippen molar-refractivity contribution in [3.63, 3.8) is 0 Å². The van der Waals surface area contributed by atoms with Crippen LogP contribution in [0, 0.1) is 6.92 Å². The van der Waals surface area contributed by atoms with Crippen molar-refractivity contribution in [2.45, 2.75) is 37.3 Å². The summed E-state index contributed by atoms with van der Waals surface area (Å²) < 4.78 is 33.8. The van der Waals surface area contributed by atoms with Crippen LogP contribution >= 0.6 is 0 Å². The number of aryl methyl sites for hydroxylation is 1. The van der Waals surface area contributed by atoms with Crippen LogP contribution in [-0.4, -0.2) is 46.1 Å². The Morgan fingerprint density at radius 1 is 1.04 bits per heavy atom. The molecule has 5 nitrogen and oxygen atoms in total. The van der Waals surface area contributed by atoms with Crippen LogP contribution in [0.3, 0.4) is 0 Å². The monoisotopic (exact) mass is 388 g/mol. The summed E-state index contributed by atoms with van der Waals surface area (Å²) in [6.07, 6.45) is 1.85. The van der Waals surface area contributed by atoms with Crippen molar-refractivity contribution in [1.29, 1.82) is 0 Å². The second-order valence-electron chi connectivity index (χ2n) is 7.31. The van der Waals surface area contributed by atoms with Gasteiger partial charge in [0.15, 0.2) is 0 Å². The Morgan fingerprint density at radius 3 is 2.26 bits per heavy atom. The molecule has 27 heavy (non-hydrogen) atoms. The first-order chi connectivity index (χ1) is 12.9. The van der Waals surface area contributed by atoms with E-state index in [1.165, 1.54) is 0 Å². The quantitative estimate of drug-likeness (QED) is 0.729. The molecule has 0 unspecified atom stereocenters. The Morgan fingerprint density at radius 2 is 1.70 bits per heavy atom. The van der Waals surface area contributed by atoms with E-state index in [1.54, 1.807) is 16.4 Å². The van der Waals surface area contributed by atoms with Crippen molar-refractivity contribution in [3.8, 4) is 0 Å². The Labute approximate surface area is 162 Å². The number of benzene rings is 2. The van der Waals surface area contributed by atoms with Crippen molar-refractivity contribution >= 4 is 15.7 Å². The third kappa shape index (κ3) is 4.89. The normalized spacial score (nSPS) is 17.4. The van der Waals surface area contributed by atoms with E-state index in [-0.39, 0.29) is 6.10 Å². The first-order valence-electron chi connectivity index (χ1n) is 9.31. The molecule has 1 atom stereocenters. The average Bonchev–Trinajstić information content (AvgIpc) is 3.15. The Kier molecular flexibility index (Phi) is 6.19. The van der Waals surface area contributed by atoms with Crippen molar-refractivity contribution in [1.82, 2.24) is 4.31 Å². The van der Waals surface area contributed by atoms with E-state index >= 15 is 0 Å². The predicted octanol–water partition coefficient (Wildman–Crippen LogP) is 3.43. The highest BCUT2D eigenvalue weighted by Crippen LogP contribution is 2.23. The van der Waals surface area contributed by atoms with Gasteiger partial charge in [0.1, 0.15) is 0 Å². The molecule has 1 aliphatic heterocycles. The molecule has 2 aromatic carbocycles. The van der Waals surface area contributed by atoms with Crippen LogP contribution in [-0.2, 0) is 21.3 Å². The van der Waals surface area contributed by atoms with Crippen LogP contribution in [0.5, 0.6) is 0 Å². The molecule has 0 aromatic heterocycles. The fraction of sp³-hybridized carbons (Fsp3) is 0.429. The number of rotatable bonds is 7. The van der Waals surface area contributed by atoms with Gasteiger partial charge in [0.2, 0.25) is 10.0 Å². The zero-order valence-electron chi connectivity index (χ0n) is 16.3. The van der Waals surface area contributed by atoms with Gasteiger partial charge in [0.25, 0.3) is 0 Å². The minimum atomic E-state index is -3.59. The van der Waals surface area contributed by atoms with Gasteiger partial charge < -0.3 is 9.64 Å². The molecule has 3 rings (SSSR count). The summed E-state index contributed by atoms with van der Waals surface area (Å²) >= 11 is 0. The van der Waals surface area contributed by atoms with E-state index in [4.69, 9.17) is 4.74 Å². The van der Waals surface area contributed by atoms with E-state index in [1.807, 2.05) is 62.3 Å². The fourth-order valence-corrected chi connectivity index (χ4v) is 4.69.